The Morgan fingerprint density at radius 2 is 1.78 bits per heavy atom. The maximum absolute atomic E-state index is 13.9. The van der Waals surface area contributed by atoms with Crippen molar-refractivity contribution in [1.29, 1.82) is 0 Å². The number of likely N-dealkylation sites (tertiary alicyclic amines) is 1. The summed E-state index contributed by atoms with van der Waals surface area (Å²) in [5.41, 5.74) is 6.84. The van der Waals surface area contributed by atoms with Gasteiger partial charge in [0, 0.05) is 55.1 Å². The summed E-state index contributed by atoms with van der Waals surface area (Å²) in [5, 5.41) is 6.05. The highest BCUT2D eigenvalue weighted by Crippen LogP contribution is 2.37. The molecule has 11 nitrogen and oxygen atoms in total. The van der Waals surface area contributed by atoms with Gasteiger partial charge in [0.05, 0.1) is 12.1 Å². The van der Waals surface area contributed by atoms with Gasteiger partial charge in [-0.2, -0.15) is 5.10 Å². The molecule has 2 aliphatic rings. The van der Waals surface area contributed by atoms with Crippen LogP contribution in [0.1, 0.15) is 87.6 Å². The van der Waals surface area contributed by atoms with Crippen LogP contribution in [0.25, 0.3) is 44.8 Å². The number of carbonyl (C=O) groups excluding carboxylic acids is 2. The first-order valence-electron chi connectivity index (χ1n) is 18.1. The Kier molecular flexibility index (Phi) is 9.65. The Bertz CT molecular complexity index is 2030. The lowest BCUT2D eigenvalue weighted by Crippen LogP contribution is -2.36. The van der Waals surface area contributed by atoms with Crippen LogP contribution in [-0.2, 0) is 16.0 Å². The van der Waals surface area contributed by atoms with Crippen LogP contribution in [0.5, 0.6) is 0 Å². The summed E-state index contributed by atoms with van der Waals surface area (Å²) in [5.74, 6) is 0.490. The molecule has 0 saturated carbocycles. The minimum absolute atomic E-state index is 0.0452. The number of hydrogen-bond acceptors (Lipinski definition) is 7. The summed E-state index contributed by atoms with van der Waals surface area (Å²) in [6.07, 6.45) is 8.08. The molecule has 3 aromatic heterocycles. The number of aromatic amines is 1. The van der Waals surface area contributed by atoms with Crippen LogP contribution >= 0.6 is 0 Å². The molecule has 51 heavy (non-hydrogen) atoms. The minimum Gasteiger partial charge on any atom is -0.444 e. The monoisotopic (exact) mass is 689 g/mol. The van der Waals surface area contributed by atoms with Crippen molar-refractivity contribution in [3.05, 3.63) is 77.7 Å². The van der Waals surface area contributed by atoms with Crippen molar-refractivity contribution in [2.24, 2.45) is 0 Å². The van der Waals surface area contributed by atoms with Gasteiger partial charge in [-0.25, -0.2) is 14.5 Å². The van der Waals surface area contributed by atoms with E-state index in [1.54, 1.807) is 4.90 Å². The summed E-state index contributed by atoms with van der Waals surface area (Å²) >= 11 is 0. The third-order valence-corrected chi connectivity index (χ3v) is 9.74. The van der Waals surface area contributed by atoms with Crippen molar-refractivity contribution >= 4 is 22.9 Å². The van der Waals surface area contributed by atoms with E-state index < -0.39 is 5.60 Å². The third-order valence-electron chi connectivity index (χ3n) is 9.74. The van der Waals surface area contributed by atoms with Crippen LogP contribution in [0, 0.1) is 6.92 Å². The number of pyridine rings is 1. The van der Waals surface area contributed by atoms with E-state index >= 15 is 0 Å². The quantitative estimate of drug-likeness (QED) is 0.175. The number of nitrogens with one attached hydrogen (secondary N) is 1. The van der Waals surface area contributed by atoms with E-state index in [4.69, 9.17) is 19.6 Å². The molecule has 2 aromatic carbocycles. The van der Waals surface area contributed by atoms with Gasteiger partial charge >= 0.3 is 6.09 Å². The average Bonchev–Trinajstić information content (AvgIpc) is 3.90. The molecular formula is C40H47N7O4. The number of carbonyl (C=O) groups is 2. The topological polar surface area (TPSA) is 118 Å². The van der Waals surface area contributed by atoms with Crippen LogP contribution in [-0.4, -0.2) is 78.4 Å². The Labute approximate surface area is 299 Å². The fraction of sp³-hybridized carbons (Fsp3) is 0.425. The highest BCUT2D eigenvalue weighted by molar-refractivity contribution is 6.01. The summed E-state index contributed by atoms with van der Waals surface area (Å²) in [6.45, 7) is 12.7. The van der Waals surface area contributed by atoms with E-state index in [-0.39, 0.29) is 18.2 Å². The van der Waals surface area contributed by atoms with Gasteiger partial charge in [-0.15, -0.1) is 0 Å². The fourth-order valence-electron chi connectivity index (χ4n) is 7.00. The number of ether oxygens (including phenoxy) is 2. The van der Waals surface area contributed by atoms with Gasteiger partial charge in [-0.1, -0.05) is 36.4 Å². The standard InChI is InChI=1S/C40H47N7O4/c1-6-45(39(49)51-40(3,4)5)25-29-23-41-24-31(26(29)2)28-17-18-32-30(22-28)35(44-47(32)33-16-10-13-21-50-33)37-42-34(27-14-8-7-9-15-27)36(43-37)38(48)46-19-11-12-20-46/h7-9,14-15,17-18,22-24,33H,6,10-13,16,19-21,25H2,1-5H3,(H,42,43). The summed E-state index contributed by atoms with van der Waals surface area (Å²) in [4.78, 5) is 43.6. The zero-order valence-corrected chi connectivity index (χ0v) is 30.2. The number of fused-ring (bicyclic) bond motifs is 1. The van der Waals surface area contributed by atoms with Gasteiger partial charge in [-0.05, 0) is 95.5 Å². The Balaban J connectivity index is 1.33. The normalized spacial score (nSPS) is 16.5. The Morgan fingerprint density at radius 1 is 1.00 bits per heavy atom. The number of imidazole rings is 1. The third kappa shape index (κ3) is 7.12. The SMILES string of the molecule is CCN(Cc1cncc(-c2ccc3c(c2)c(-c2nc(-c4ccccc4)c(C(=O)N4CCCC4)[nH]2)nn3C2CCCCO2)c1C)C(=O)OC(C)(C)C. The van der Waals surface area contributed by atoms with Crippen molar-refractivity contribution < 1.29 is 19.1 Å². The van der Waals surface area contributed by atoms with Gasteiger partial charge < -0.3 is 24.3 Å². The van der Waals surface area contributed by atoms with Crippen molar-refractivity contribution in [2.75, 3.05) is 26.2 Å². The molecule has 1 atom stereocenters. The number of benzene rings is 2. The highest BCUT2D eigenvalue weighted by Gasteiger charge is 2.29. The van der Waals surface area contributed by atoms with Crippen LogP contribution in [0.4, 0.5) is 4.79 Å². The van der Waals surface area contributed by atoms with E-state index in [2.05, 4.69) is 35.1 Å². The van der Waals surface area contributed by atoms with Crippen molar-refractivity contribution in [3.8, 4) is 33.9 Å². The largest absolute Gasteiger partial charge is 0.444 e. The molecule has 2 amide bonds. The van der Waals surface area contributed by atoms with E-state index in [0.717, 1.165) is 83.9 Å². The smallest absolute Gasteiger partial charge is 0.410 e. The molecule has 2 aliphatic heterocycles. The molecule has 11 heteroatoms. The summed E-state index contributed by atoms with van der Waals surface area (Å²) in [7, 11) is 0. The van der Waals surface area contributed by atoms with Crippen LogP contribution < -0.4 is 0 Å². The van der Waals surface area contributed by atoms with Gasteiger partial charge in [-0.3, -0.25) is 9.78 Å². The molecule has 5 heterocycles. The zero-order valence-electron chi connectivity index (χ0n) is 30.2. The summed E-state index contributed by atoms with van der Waals surface area (Å²) in [6, 6.07) is 16.2. The zero-order chi connectivity index (χ0) is 35.7. The first-order valence-corrected chi connectivity index (χ1v) is 18.1. The molecule has 0 aliphatic carbocycles. The molecule has 0 spiro atoms. The van der Waals surface area contributed by atoms with Crippen LogP contribution in [0.2, 0.25) is 0 Å². The fourth-order valence-corrected chi connectivity index (χ4v) is 7.00. The van der Waals surface area contributed by atoms with Crippen LogP contribution in [0.15, 0.2) is 60.9 Å². The molecule has 0 radical (unpaired) electrons. The van der Waals surface area contributed by atoms with Crippen molar-refractivity contribution in [3.63, 3.8) is 0 Å². The van der Waals surface area contributed by atoms with E-state index in [1.165, 1.54) is 0 Å². The molecule has 5 aromatic rings. The average molecular weight is 690 g/mol. The van der Waals surface area contributed by atoms with E-state index in [0.29, 0.717) is 42.6 Å². The maximum atomic E-state index is 13.9. The maximum Gasteiger partial charge on any atom is 0.410 e. The predicted molar refractivity (Wildman–Crippen MR) is 197 cm³/mol. The molecular weight excluding hydrogens is 642 g/mol. The lowest BCUT2D eigenvalue weighted by molar-refractivity contribution is -0.0365. The number of aromatic nitrogens is 5. The number of amides is 2. The van der Waals surface area contributed by atoms with E-state index in [9.17, 15) is 9.59 Å². The first-order chi connectivity index (χ1) is 24.6. The van der Waals surface area contributed by atoms with Gasteiger partial charge in [0.1, 0.15) is 22.7 Å². The van der Waals surface area contributed by atoms with Crippen molar-refractivity contribution in [1.82, 2.24) is 34.5 Å². The van der Waals surface area contributed by atoms with Crippen molar-refractivity contribution in [2.45, 2.75) is 85.1 Å². The summed E-state index contributed by atoms with van der Waals surface area (Å²) < 4.78 is 13.9. The molecule has 1 N–H and O–H groups in total. The minimum atomic E-state index is -0.585. The molecule has 7 rings (SSSR count). The lowest BCUT2D eigenvalue weighted by Gasteiger charge is -2.27. The Hall–Kier alpha value is -5.03. The Morgan fingerprint density at radius 3 is 2.49 bits per heavy atom. The van der Waals surface area contributed by atoms with Crippen LogP contribution in [0.3, 0.4) is 0 Å². The second-order valence-electron chi connectivity index (χ2n) is 14.5. The highest BCUT2D eigenvalue weighted by atomic mass is 16.6. The molecule has 0 bridgehead atoms. The second kappa shape index (κ2) is 14.3. The van der Waals surface area contributed by atoms with E-state index in [1.807, 2.05) is 80.0 Å². The molecule has 1 unspecified atom stereocenters. The first kappa shape index (κ1) is 34.4. The predicted octanol–water partition coefficient (Wildman–Crippen LogP) is 8.16. The van der Waals surface area contributed by atoms with Gasteiger partial charge in [0.2, 0.25) is 0 Å². The molecule has 266 valence electrons. The van der Waals surface area contributed by atoms with Gasteiger partial charge in [0.25, 0.3) is 5.91 Å². The number of hydrogen-bond donors (Lipinski definition) is 1. The van der Waals surface area contributed by atoms with Gasteiger partial charge in [0.15, 0.2) is 12.1 Å². The molecule has 2 saturated heterocycles. The number of H-pyrrole nitrogens is 1. The lowest BCUT2D eigenvalue weighted by atomic mass is 9.97. The number of rotatable bonds is 8. The second-order valence-corrected chi connectivity index (χ2v) is 14.5. The number of nitrogens with zero attached hydrogens (tertiary/aromatic N) is 6. The molecule has 2 fully saturated rings.